The minimum Gasteiger partial charge on any atom is -0.497 e. The van der Waals surface area contributed by atoms with Crippen molar-refractivity contribution >= 4 is 29.3 Å². The van der Waals surface area contributed by atoms with E-state index in [-0.39, 0.29) is 13.0 Å². The summed E-state index contributed by atoms with van der Waals surface area (Å²) in [6, 6.07) is 16.0. The number of aryl methyl sites for hydroxylation is 1. The fraction of sp³-hybridized carbons (Fsp3) is 0.190. The number of amides is 1. The lowest BCUT2D eigenvalue weighted by Crippen LogP contribution is -2.22. The van der Waals surface area contributed by atoms with Crippen LogP contribution in [-0.2, 0) is 27.8 Å². The average molecular weight is 414 g/mol. The number of nitrogens with zero attached hydrogens (tertiary/aromatic N) is 2. The van der Waals surface area contributed by atoms with Crippen LogP contribution >= 0.6 is 11.6 Å². The van der Waals surface area contributed by atoms with Gasteiger partial charge in [0.1, 0.15) is 11.6 Å². The SMILES string of the molecule is COc1ccc(CC(=O)OCC(=O)Nc2cc(-c3ccc(Cl)cc3)nn2C)cc1. The minimum atomic E-state index is -0.489. The molecule has 29 heavy (non-hydrogen) atoms. The summed E-state index contributed by atoms with van der Waals surface area (Å²) in [5.74, 6) is 0.262. The average Bonchev–Trinajstić information content (AvgIpc) is 3.08. The number of carbonyl (C=O) groups excluding carboxylic acids is 2. The van der Waals surface area contributed by atoms with Gasteiger partial charge < -0.3 is 14.8 Å². The molecule has 1 N–H and O–H groups in total. The van der Waals surface area contributed by atoms with Gasteiger partial charge in [-0.15, -0.1) is 0 Å². The Morgan fingerprint density at radius 2 is 1.79 bits per heavy atom. The van der Waals surface area contributed by atoms with Crippen LogP contribution in [0.25, 0.3) is 11.3 Å². The predicted octanol–water partition coefficient (Wildman–Crippen LogP) is 3.47. The maximum Gasteiger partial charge on any atom is 0.310 e. The number of benzene rings is 2. The maximum atomic E-state index is 12.1. The van der Waals surface area contributed by atoms with Crippen LogP contribution in [0, 0.1) is 0 Å². The Kier molecular flexibility index (Phi) is 6.51. The highest BCUT2D eigenvalue weighted by Gasteiger charge is 2.13. The summed E-state index contributed by atoms with van der Waals surface area (Å²) < 4.78 is 11.7. The molecule has 150 valence electrons. The number of anilines is 1. The second-order valence-electron chi connectivity index (χ2n) is 6.28. The smallest absolute Gasteiger partial charge is 0.310 e. The third kappa shape index (κ3) is 5.58. The zero-order chi connectivity index (χ0) is 20.8. The van der Waals surface area contributed by atoms with Gasteiger partial charge in [-0.1, -0.05) is 35.9 Å². The molecule has 3 aromatic rings. The first-order valence-corrected chi connectivity index (χ1v) is 9.21. The van der Waals surface area contributed by atoms with Gasteiger partial charge in [-0.2, -0.15) is 5.10 Å². The standard InChI is InChI=1S/C21H20ClN3O4/c1-25-19(12-18(24-25)15-5-7-16(22)8-6-15)23-20(26)13-29-21(27)11-14-3-9-17(28-2)10-4-14/h3-10,12H,11,13H2,1-2H3,(H,23,26). The van der Waals surface area contributed by atoms with E-state index < -0.39 is 11.9 Å². The van der Waals surface area contributed by atoms with E-state index in [4.69, 9.17) is 21.1 Å². The molecule has 0 fully saturated rings. The largest absolute Gasteiger partial charge is 0.497 e. The van der Waals surface area contributed by atoms with Crippen molar-refractivity contribution < 1.29 is 19.1 Å². The topological polar surface area (TPSA) is 82.4 Å². The molecule has 0 radical (unpaired) electrons. The number of methoxy groups -OCH3 is 1. The van der Waals surface area contributed by atoms with Crippen LogP contribution in [-0.4, -0.2) is 35.4 Å². The number of hydrogen-bond acceptors (Lipinski definition) is 5. The molecule has 0 aliphatic rings. The van der Waals surface area contributed by atoms with Crippen LogP contribution in [0.4, 0.5) is 5.82 Å². The molecule has 3 rings (SSSR count). The summed E-state index contributed by atoms with van der Waals surface area (Å²) in [5, 5.41) is 7.69. The second-order valence-corrected chi connectivity index (χ2v) is 6.72. The van der Waals surface area contributed by atoms with Crippen molar-refractivity contribution in [1.29, 1.82) is 0 Å². The monoisotopic (exact) mass is 413 g/mol. The van der Waals surface area contributed by atoms with E-state index in [9.17, 15) is 9.59 Å². The van der Waals surface area contributed by atoms with Crippen LogP contribution in [0.2, 0.25) is 5.02 Å². The number of ether oxygens (including phenoxy) is 2. The summed E-state index contributed by atoms with van der Waals surface area (Å²) in [6.07, 6.45) is 0.0731. The number of halogens is 1. The highest BCUT2D eigenvalue weighted by atomic mass is 35.5. The number of hydrogen-bond donors (Lipinski definition) is 1. The molecule has 1 heterocycles. The third-order valence-electron chi connectivity index (χ3n) is 4.16. The zero-order valence-corrected chi connectivity index (χ0v) is 16.8. The molecule has 0 spiro atoms. The number of esters is 1. The third-order valence-corrected chi connectivity index (χ3v) is 4.41. The van der Waals surface area contributed by atoms with Gasteiger partial charge in [0.25, 0.3) is 5.91 Å². The second kappa shape index (κ2) is 9.25. The molecule has 8 heteroatoms. The van der Waals surface area contributed by atoms with E-state index in [1.165, 1.54) is 0 Å². The molecule has 1 amide bonds. The molecule has 0 bridgehead atoms. The summed E-state index contributed by atoms with van der Waals surface area (Å²) in [6.45, 7) is -0.379. The van der Waals surface area contributed by atoms with Crippen molar-refractivity contribution in [3.05, 3.63) is 65.2 Å². The van der Waals surface area contributed by atoms with Gasteiger partial charge in [-0.05, 0) is 29.8 Å². The van der Waals surface area contributed by atoms with Crippen molar-refractivity contribution in [2.75, 3.05) is 19.0 Å². The Balaban J connectivity index is 1.52. The maximum absolute atomic E-state index is 12.1. The molecule has 0 saturated heterocycles. The molecule has 0 atom stereocenters. The zero-order valence-electron chi connectivity index (χ0n) is 16.0. The first-order valence-electron chi connectivity index (χ1n) is 8.83. The van der Waals surface area contributed by atoms with E-state index in [0.29, 0.717) is 22.3 Å². The van der Waals surface area contributed by atoms with E-state index in [2.05, 4.69) is 10.4 Å². The van der Waals surface area contributed by atoms with Crippen molar-refractivity contribution in [2.45, 2.75) is 6.42 Å². The lowest BCUT2D eigenvalue weighted by atomic mass is 10.1. The molecular weight excluding hydrogens is 394 g/mol. The number of aromatic nitrogens is 2. The lowest BCUT2D eigenvalue weighted by Gasteiger charge is -2.07. The van der Waals surface area contributed by atoms with Crippen molar-refractivity contribution in [2.24, 2.45) is 7.05 Å². The Morgan fingerprint density at radius 3 is 2.45 bits per heavy atom. The lowest BCUT2D eigenvalue weighted by molar-refractivity contribution is -0.146. The van der Waals surface area contributed by atoms with Gasteiger partial charge in [0.15, 0.2) is 6.61 Å². The molecule has 0 saturated carbocycles. The highest BCUT2D eigenvalue weighted by molar-refractivity contribution is 6.30. The normalized spacial score (nSPS) is 10.4. The van der Waals surface area contributed by atoms with Gasteiger partial charge in [0.05, 0.1) is 19.2 Å². The number of nitrogens with one attached hydrogen (secondary N) is 1. The molecule has 0 aliphatic carbocycles. The van der Waals surface area contributed by atoms with Crippen LogP contribution in [0.1, 0.15) is 5.56 Å². The van der Waals surface area contributed by atoms with Gasteiger partial charge in [0.2, 0.25) is 0 Å². The van der Waals surface area contributed by atoms with Crippen LogP contribution in [0.3, 0.4) is 0 Å². The Bertz CT molecular complexity index is 998. The van der Waals surface area contributed by atoms with E-state index >= 15 is 0 Å². The summed E-state index contributed by atoms with van der Waals surface area (Å²) >= 11 is 5.90. The molecule has 7 nitrogen and oxygen atoms in total. The fourth-order valence-corrected chi connectivity index (χ4v) is 2.76. The van der Waals surface area contributed by atoms with Crippen molar-refractivity contribution in [3.8, 4) is 17.0 Å². The van der Waals surface area contributed by atoms with E-state index in [1.807, 2.05) is 12.1 Å². The van der Waals surface area contributed by atoms with Gasteiger partial charge in [-0.25, -0.2) is 0 Å². The van der Waals surface area contributed by atoms with E-state index in [0.717, 1.165) is 11.1 Å². The summed E-state index contributed by atoms with van der Waals surface area (Å²) in [5.41, 5.74) is 2.34. The Morgan fingerprint density at radius 1 is 1.10 bits per heavy atom. The van der Waals surface area contributed by atoms with Gasteiger partial charge in [0, 0.05) is 23.7 Å². The molecule has 0 aliphatic heterocycles. The molecule has 2 aromatic carbocycles. The summed E-state index contributed by atoms with van der Waals surface area (Å²) in [7, 11) is 3.28. The summed E-state index contributed by atoms with van der Waals surface area (Å²) in [4.78, 5) is 24.1. The van der Waals surface area contributed by atoms with E-state index in [1.54, 1.807) is 61.3 Å². The number of rotatable bonds is 7. The predicted molar refractivity (Wildman–Crippen MR) is 110 cm³/mol. The highest BCUT2D eigenvalue weighted by Crippen LogP contribution is 2.23. The van der Waals surface area contributed by atoms with Gasteiger partial charge >= 0.3 is 5.97 Å². The number of carbonyl (C=O) groups is 2. The van der Waals surface area contributed by atoms with Crippen molar-refractivity contribution in [1.82, 2.24) is 9.78 Å². The first kappa shape index (κ1) is 20.4. The Hall–Kier alpha value is -3.32. The molecule has 1 aromatic heterocycles. The molecule has 0 unspecified atom stereocenters. The molecular formula is C21H20ClN3O4. The minimum absolute atomic E-state index is 0.0731. The Labute approximate surface area is 173 Å². The fourth-order valence-electron chi connectivity index (χ4n) is 2.63. The van der Waals surface area contributed by atoms with Gasteiger partial charge in [-0.3, -0.25) is 14.3 Å². The van der Waals surface area contributed by atoms with Crippen LogP contribution < -0.4 is 10.1 Å². The van der Waals surface area contributed by atoms with Crippen LogP contribution in [0.15, 0.2) is 54.6 Å². The van der Waals surface area contributed by atoms with Crippen molar-refractivity contribution in [3.63, 3.8) is 0 Å². The first-order chi connectivity index (χ1) is 13.9. The quantitative estimate of drug-likeness (QED) is 0.600. The van der Waals surface area contributed by atoms with Crippen LogP contribution in [0.5, 0.6) is 5.75 Å².